The number of carbonyl (C=O) groups is 1. The van der Waals surface area contributed by atoms with Gasteiger partial charge in [0, 0.05) is 24.4 Å². The lowest BCUT2D eigenvalue weighted by Gasteiger charge is -2.40. The number of hydrogen-bond donors (Lipinski definition) is 0. The molecule has 1 aromatic rings. The van der Waals surface area contributed by atoms with E-state index in [0.29, 0.717) is 17.7 Å². The van der Waals surface area contributed by atoms with Gasteiger partial charge in [-0.3, -0.25) is 4.79 Å². The molecule has 3 heteroatoms. The second kappa shape index (κ2) is 5.65. The van der Waals surface area contributed by atoms with Crippen molar-refractivity contribution in [2.24, 2.45) is 11.8 Å². The lowest BCUT2D eigenvalue weighted by molar-refractivity contribution is -0.131. The highest BCUT2D eigenvalue weighted by Crippen LogP contribution is 2.51. The van der Waals surface area contributed by atoms with Crippen LogP contribution in [-0.2, 0) is 10.2 Å². The molecule has 1 saturated carbocycles. The van der Waals surface area contributed by atoms with Crippen molar-refractivity contribution in [1.82, 2.24) is 4.90 Å². The third-order valence-electron chi connectivity index (χ3n) is 6.44. The summed E-state index contributed by atoms with van der Waals surface area (Å²) in [6, 6.07) is 8.51. The molecule has 1 amide bonds. The summed E-state index contributed by atoms with van der Waals surface area (Å²) in [5, 5.41) is 0. The average Bonchev–Trinajstić information content (AvgIpc) is 3.37. The van der Waals surface area contributed by atoms with Crippen molar-refractivity contribution >= 4 is 5.91 Å². The molecule has 4 rings (SSSR count). The Balaban J connectivity index is 1.73. The molecular weight excluding hydrogens is 298 g/mol. The fraction of sp³-hybridized carbons (Fsp3) is 0.571. The summed E-state index contributed by atoms with van der Waals surface area (Å²) in [4.78, 5) is 14.9. The smallest absolute Gasteiger partial charge is 0.225 e. The number of carbonyl (C=O) groups excluding carboxylic acids is 1. The van der Waals surface area contributed by atoms with E-state index in [4.69, 9.17) is 4.74 Å². The van der Waals surface area contributed by atoms with Gasteiger partial charge in [-0.05, 0) is 63.1 Å². The molecule has 2 unspecified atom stereocenters. The summed E-state index contributed by atoms with van der Waals surface area (Å²) >= 11 is 0. The number of hydrogen-bond acceptors (Lipinski definition) is 2. The van der Waals surface area contributed by atoms with Gasteiger partial charge in [0.2, 0.25) is 5.91 Å². The predicted octanol–water partition coefficient (Wildman–Crippen LogP) is 3.93. The van der Waals surface area contributed by atoms with Gasteiger partial charge in [0.1, 0.15) is 5.75 Å². The Hall–Kier alpha value is -1.77. The normalized spacial score (nSPS) is 29.6. The first-order valence-corrected chi connectivity index (χ1v) is 9.12. The van der Waals surface area contributed by atoms with Gasteiger partial charge in [-0.25, -0.2) is 0 Å². The Morgan fingerprint density at radius 1 is 1.25 bits per heavy atom. The van der Waals surface area contributed by atoms with Gasteiger partial charge in [0.25, 0.3) is 0 Å². The topological polar surface area (TPSA) is 29.5 Å². The average molecular weight is 325 g/mol. The molecule has 0 radical (unpaired) electrons. The van der Waals surface area contributed by atoms with Crippen molar-refractivity contribution in [2.45, 2.75) is 44.9 Å². The Morgan fingerprint density at radius 3 is 2.75 bits per heavy atom. The molecule has 1 aliphatic heterocycles. The maximum Gasteiger partial charge on any atom is 0.225 e. The van der Waals surface area contributed by atoms with E-state index >= 15 is 0 Å². The number of likely N-dealkylation sites (tertiary alicyclic amines) is 1. The number of allylic oxidation sites excluding steroid dienone is 2. The number of amides is 1. The quantitative estimate of drug-likeness (QED) is 0.788. The van der Waals surface area contributed by atoms with E-state index in [1.165, 1.54) is 16.7 Å². The Morgan fingerprint density at radius 2 is 2.04 bits per heavy atom. The third kappa shape index (κ3) is 2.45. The van der Waals surface area contributed by atoms with Crippen LogP contribution in [0.4, 0.5) is 0 Å². The maximum atomic E-state index is 12.7. The number of ether oxygens (including phenoxy) is 1. The van der Waals surface area contributed by atoms with Crippen molar-refractivity contribution in [3.8, 4) is 5.75 Å². The minimum Gasteiger partial charge on any atom is -0.497 e. The van der Waals surface area contributed by atoms with Crippen LogP contribution in [0.25, 0.3) is 0 Å². The predicted molar refractivity (Wildman–Crippen MR) is 95.1 cm³/mol. The third-order valence-corrected chi connectivity index (χ3v) is 6.44. The van der Waals surface area contributed by atoms with Crippen LogP contribution in [0.15, 0.2) is 35.4 Å². The second-order valence-electron chi connectivity index (χ2n) is 8.02. The zero-order chi connectivity index (χ0) is 16.9. The fourth-order valence-electron chi connectivity index (χ4n) is 4.72. The first-order chi connectivity index (χ1) is 11.5. The first kappa shape index (κ1) is 15.7. The molecule has 0 spiro atoms. The van der Waals surface area contributed by atoms with E-state index in [1.54, 1.807) is 7.11 Å². The number of nitrogens with zero attached hydrogens (tertiary/aromatic N) is 1. The minimum absolute atomic E-state index is 0.0582. The van der Waals surface area contributed by atoms with E-state index < -0.39 is 0 Å². The summed E-state index contributed by atoms with van der Waals surface area (Å²) in [7, 11) is 1.72. The molecule has 1 saturated heterocycles. The largest absolute Gasteiger partial charge is 0.497 e. The zero-order valence-electron chi connectivity index (χ0n) is 15.0. The van der Waals surface area contributed by atoms with Gasteiger partial charge >= 0.3 is 0 Å². The van der Waals surface area contributed by atoms with Crippen LogP contribution in [-0.4, -0.2) is 31.0 Å². The number of methoxy groups -OCH3 is 1. The minimum atomic E-state index is 0.0582. The molecule has 0 bridgehead atoms. The number of rotatable bonds is 3. The summed E-state index contributed by atoms with van der Waals surface area (Å²) in [5.74, 6) is 2.14. The molecule has 128 valence electrons. The van der Waals surface area contributed by atoms with Crippen LogP contribution in [0.2, 0.25) is 0 Å². The molecule has 3 aliphatic rings. The lowest BCUT2D eigenvalue weighted by atomic mass is 9.63. The first-order valence-electron chi connectivity index (χ1n) is 9.12. The standard InChI is InChI=1S/C21H27NO2/c1-14-9-18-12-22(20(23)16-7-8-16)13-21(18,11-15(14)2)17-5-4-6-19(10-17)24-3/h4-6,10,16,18H,7-9,11-13H2,1-3H3. The summed E-state index contributed by atoms with van der Waals surface area (Å²) < 4.78 is 5.47. The Kier molecular flexibility index (Phi) is 3.70. The van der Waals surface area contributed by atoms with Crippen LogP contribution >= 0.6 is 0 Å². The van der Waals surface area contributed by atoms with Gasteiger partial charge in [-0.15, -0.1) is 0 Å². The van der Waals surface area contributed by atoms with Gasteiger partial charge in [-0.2, -0.15) is 0 Å². The van der Waals surface area contributed by atoms with Gasteiger partial charge in [-0.1, -0.05) is 23.3 Å². The summed E-state index contributed by atoms with van der Waals surface area (Å²) in [6.07, 6.45) is 4.34. The molecule has 1 aromatic carbocycles. The van der Waals surface area contributed by atoms with Crippen LogP contribution in [0.5, 0.6) is 5.75 Å². The number of benzene rings is 1. The van der Waals surface area contributed by atoms with Gasteiger partial charge < -0.3 is 9.64 Å². The molecule has 0 N–H and O–H groups in total. The molecular formula is C21H27NO2. The molecule has 0 aromatic heterocycles. The van der Waals surface area contributed by atoms with E-state index in [9.17, 15) is 4.79 Å². The van der Waals surface area contributed by atoms with Gasteiger partial charge in [0.15, 0.2) is 0 Å². The Labute approximate surface area is 144 Å². The van der Waals surface area contributed by atoms with Crippen molar-refractivity contribution in [3.63, 3.8) is 0 Å². The van der Waals surface area contributed by atoms with Crippen molar-refractivity contribution in [2.75, 3.05) is 20.2 Å². The van der Waals surface area contributed by atoms with Crippen molar-refractivity contribution < 1.29 is 9.53 Å². The van der Waals surface area contributed by atoms with Crippen LogP contribution < -0.4 is 4.74 Å². The van der Waals surface area contributed by atoms with Crippen LogP contribution in [0.1, 0.15) is 45.1 Å². The molecule has 2 aliphatic carbocycles. The Bertz CT molecular complexity index is 704. The van der Waals surface area contributed by atoms with E-state index in [-0.39, 0.29) is 5.41 Å². The van der Waals surface area contributed by atoms with Crippen molar-refractivity contribution in [1.29, 1.82) is 0 Å². The zero-order valence-corrected chi connectivity index (χ0v) is 15.0. The molecule has 2 atom stereocenters. The van der Waals surface area contributed by atoms with E-state index in [1.807, 2.05) is 6.07 Å². The SMILES string of the molecule is COc1cccc(C23CC(C)=C(C)CC2CN(C(=O)C2CC2)C3)c1. The molecule has 24 heavy (non-hydrogen) atoms. The fourth-order valence-corrected chi connectivity index (χ4v) is 4.72. The summed E-state index contributed by atoms with van der Waals surface area (Å²) in [5.41, 5.74) is 4.40. The highest BCUT2D eigenvalue weighted by atomic mass is 16.5. The van der Waals surface area contributed by atoms with Crippen molar-refractivity contribution in [3.05, 3.63) is 41.0 Å². The van der Waals surface area contributed by atoms with Crippen LogP contribution in [0, 0.1) is 11.8 Å². The van der Waals surface area contributed by atoms with Gasteiger partial charge in [0.05, 0.1) is 7.11 Å². The lowest BCUT2D eigenvalue weighted by Crippen LogP contribution is -2.39. The van der Waals surface area contributed by atoms with E-state index in [2.05, 4.69) is 36.9 Å². The highest BCUT2D eigenvalue weighted by molar-refractivity contribution is 5.81. The maximum absolute atomic E-state index is 12.7. The highest BCUT2D eigenvalue weighted by Gasteiger charge is 2.52. The van der Waals surface area contributed by atoms with E-state index in [0.717, 1.165) is 44.5 Å². The summed E-state index contributed by atoms with van der Waals surface area (Å²) in [6.45, 7) is 6.30. The molecule has 3 nitrogen and oxygen atoms in total. The van der Waals surface area contributed by atoms with Crippen LogP contribution in [0.3, 0.4) is 0 Å². The molecule has 2 fully saturated rings. The second-order valence-corrected chi connectivity index (χ2v) is 8.02. The number of fused-ring (bicyclic) bond motifs is 1. The molecule has 1 heterocycles. The monoisotopic (exact) mass is 325 g/mol.